The molecule has 0 bridgehead atoms. The van der Waals surface area contributed by atoms with Crippen molar-refractivity contribution in [1.29, 1.82) is 0 Å². The SMILES string of the molecule is Cc1[nH]c(C(=O)NCc2cnn(C)c2)nc1-c1ccc2[nH]c(-c3ncno3)cc2c1. The van der Waals surface area contributed by atoms with Crippen molar-refractivity contribution in [1.82, 2.24) is 40.2 Å². The van der Waals surface area contributed by atoms with E-state index in [-0.39, 0.29) is 11.7 Å². The second-order valence-corrected chi connectivity index (χ2v) is 7.00. The van der Waals surface area contributed by atoms with Crippen LogP contribution in [-0.2, 0) is 13.6 Å². The summed E-state index contributed by atoms with van der Waals surface area (Å²) in [6, 6.07) is 7.86. The molecule has 10 heteroatoms. The van der Waals surface area contributed by atoms with Gasteiger partial charge in [-0.15, -0.1) is 0 Å². The van der Waals surface area contributed by atoms with Crippen LogP contribution in [0.25, 0.3) is 33.7 Å². The minimum atomic E-state index is -0.269. The van der Waals surface area contributed by atoms with E-state index in [1.807, 2.05) is 44.4 Å². The molecule has 3 N–H and O–H groups in total. The number of imidazole rings is 1. The van der Waals surface area contributed by atoms with Gasteiger partial charge < -0.3 is 19.8 Å². The van der Waals surface area contributed by atoms with Crippen LogP contribution >= 0.6 is 0 Å². The van der Waals surface area contributed by atoms with E-state index in [1.165, 1.54) is 6.33 Å². The number of benzene rings is 1. The van der Waals surface area contributed by atoms with E-state index in [1.54, 1.807) is 10.9 Å². The second-order valence-electron chi connectivity index (χ2n) is 7.00. The van der Waals surface area contributed by atoms with Crippen molar-refractivity contribution < 1.29 is 9.32 Å². The first-order chi connectivity index (χ1) is 14.6. The average Bonchev–Trinajstić information content (AvgIpc) is 3.51. The number of nitrogens with zero attached hydrogens (tertiary/aromatic N) is 5. The summed E-state index contributed by atoms with van der Waals surface area (Å²) < 4.78 is 6.80. The second kappa shape index (κ2) is 6.99. The van der Waals surface area contributed by atoms with Crippen molar-refractivity contribution in [3.05, 3.63) is 60.1 Å². The van der Waals surface area contributed by atoms with Gasteiger partial charge in [0, 0.05) is 47.5 Å². The fourth-order valence-electron chi connectivity index (χ4n) is 3.37. The highest BCUT2D eigenvalue weighted by molar-refractivity contribution is 5.92. The normalized spacial score (nSPS) is 11.3. The lowest BCUT2D eigenvalue weighted by Gasteiger charge is -2.00. The molecule has 1 aromatic carbocycles. The Labute approximate surface area is 170 Å². The molecule has 0 aliphatic heterocycles. The number of carbonyl (C=O) groups excluding carboxylic acids is 1. The van der Waals surface area contributed by atoms with Crippen molar-refractivity contribution in [3.8, 4) is 22.8 Å². The van der Waals surface area contributed by atoms with E-state index in [0.29, 0.717) is 12.4 Å². The molecule has 0 aliphatic carbocycles. The summed E-state index contributed by atoms with van der Waals surface area (Å²) in [5.74, 6) is 0.429. The third-order valence-corrected chi connectivity index (χ3v) is 4.80. The van der Waals surface area contributed by atoms with E-state index in [2.05, 4.69) is 35.5 Å². The molecule has 30 heavy (non-hydrogen) atoms. The highest BCUT2D eigenvalue weighted by atomic mass is 16.5. The molecular formula is C20H18N8O2. The van der Waals surface area contributed by atoms with Crippen molar-refractivity contribution in [2.45, 2.75) is 13.5 Å². The summed E-state index contributed by atoms with van der Waals surface area (Å²) in [6.45, 7) is 2.28. The van der Waals surface area contributed by atoms with Crippen molar-refractivity contribution >= 4 is 16.8 Å². The van der Waals surface area contributed by atoms with Crippen LogP contribution in [0.1, 0.15) is 21.9 Å². The maximum atomic E-state index is 12.5. The quantitative estimate of drug-likeness (QED) is 0.414. The Morgan fingerprint density at radius 3 is 2.93 bits per heavy atom. The van der Waals surface area contributed by atoms with Crippen LogP contribution in [0.4, 0.5) is 0 Å². The average molecular weight is 402 g/mol. The molecule has 5 rings (SSSR count). The lowest BCUT2D eigenvalue weighted by molar-refractivity contribution is 0.0941. The lowest BCUT2D eigenvalue weighted by atomic mass is 10.1. The number of hydrogen-bond donors (Lipinski definition) is 3. The molecule has 0 spiro atoms. The van der Waals surface area contributed by atoms with E-state index in [9.17, 15) is 4.79 Å². The van der Waals surface area contributed by atoms with Crippen LogP contribution in [0.5, 0.6) is 0 Å². The maximum Gasteiger partial charge on any atom is 0.287 e. The van der Waals surface area contributed by atoms with Gasteiger partial charge in [0.15, 0.2) is 12.2 Å². The van der Waals surface area contributed by atoms with Gasteiger partial charge in [-0.3, -0.25) is 9.48 Å². The number of carbonyl (C=O) groups is 1. The standard InChI is InChI=1S/C20H18N8O2/c1-11-17(27-18(25-11)19(29)21-7-12-8-23-28(2)9-12)13-3-4-15-14(5-13)6-16(26-15)20-22-10-24-30-20/h3-6,8-10,26H,7H2,1-2H3,(H,21,29)(H,25,27). The third-order valence-electron chi connectivity index (χ3n) is 4.80. The van der Waals surface area contributed by atoms with Crippen LogP contribution < -0.4 is 5.32 Å². The van der Waals surface area contributed by atoms with Gasteiger partial charge in [-0.2, -0.15) is 10.1 Å². The molecule has 150 valence electrons. The number of amides is 1. The van der Waals surface area contributed by atoms with Crippen molar-refractivity contribution in [2.24, 2.45) is 7.05 Å². The number of hydrogen-bond acceptors (Lipinski definition) is 6. The number of aromatic nitrogens is 7. The first-order valence-corrected chi connectivity index (χ1v) is 9.29. The molecule has 0 saturated carbocycles. The number of fused-ring (bicyclic) bond motifs is 1. The zero-order chi connectivity index (χ0) is 20.7. The first kappa shape index (κ1) is 17.9. The minimum Gasteiger partial charge on any atom is -0.351 e. The van der Waals surface area contributed by atoms with Gasteiger partial charge >= 0.3 is 0 Å². The van der Waals surface area contributed by atoms with Crippen LogP contribution in [-0.4, -0.2) is 40.8 Å². The molecule has 4 aromatic heterocycles. The fraction of sp³-hybridized carbons (Fsp3) is 0.150. The largest absolute Gasteiger partial charge is 0.351 e. The molecule has 0 fully saturated rings. The van der Waals surface area contributed by atoms with Gasteiger partial charge in [0.05, 0.1) is 11.9 Å². The highest BCUT2D eigenvalue weighted by Gasteiger charge is 2.16. The Balaban J connectivity index is 1.39. The Bertz CT molecular complexity index is 1340. The number of aromatic amines is 2. The number of H-pyrrole nitrogens is 2. The number of nitrogens with one attached hydrogen (secondary N) is 3. The summed E-state index contributed by atoms with van der Waals surface area (Å²) in [4.78, 5) is 27.4. The summed E-state index contributed by atoms with van der Waals surface area (Å²) in [5, 5.41) is 11.6. The molecule has 0 saturated heterocycles. The van der Waals surface area contributed by atoms with Crippen molar-refractivity contribution in [3.63, 3.8) is 0 Å². The number of rotatable bonds is 5. The van der Waals surface area contributed by atoms with Gasteiger partial charge in [0.2, 0.25) is 0 Å². The summed E-state index contributed by atoms with van der Waals surface area (Å²) in [5.41, 5.74) is 5.05. The monoisotopic (exact) mass is 402 g/mol. The smallest absolute Gasteiger partial charge is 0.287 e. The summed E-state index contributed by atoms with van der Waals surface area (Å²) in [7, 11) is 1.83. The Morgan fingerprint density at radius 1 is 1.27 bits per heavy atom. The molecule has 0 atom stereocenters. The molecule has 10 nitrogen and oxygen atoms in total. The Kier molecular flexibility index (Phi) is 4.16. The molecule has 0 unspecified atom stereocenters. The highest BCUT2D eigenvalue weighted by Crippen LogP contribution is 2.28. The predicted octanol–water partition coefficient (Wildman–Crippen LogP) is 2.58. The molecular weight excluding hydrogens is 384 g/mol. The molecule has 1 amide bonds. The van der Waals surface area contributed by atoms with Crippen LogP contribution in [0.15, 0.2) is 47.5 Å². The Morgan fingerprint density at radius 2 is 2.17 bits per heavy atom. The zero-order valence-corrected chi connectivity index (χ0v) is 16.3. The fourth-order valence-corrected chi connectivity index (χ4v) is 3.37. The first-order valence-electron chi connectivity index (χ1n) is 9.29. The van der Waals surface area contributed by atoms with E-state index in [4.69, 9.17) is 4.52 Å². The van der Waals surface area contributed by atoms with Gasteiger partial charge in [0.25, 0.3) is 11.8 Å². The van der Waals surface area contributed by atoms with Gasteiger partial charge in [0.1, 0.15) is 5.69 Å². The Hall–Kier alpha value is -4.21. The van der Waals surface area contributed by atoms with E-state index < -0.39 is 0 Å². The maximum absolute atomic E-state index is 12.5. The van der Waals surface area contributed by atoms with Gasteiger partial charge in [-0.05, 0) is 25.1 Å². The van der Waals surface area contributed by atoms with Gasteiger partial charge in [-0.25, -0.2) is 4.98 Å². The molecule has 5 aromatic rings. The zero-order valence-electron chi connectivity index (χ0n) is 16.3. The summed E-state index contributed by atoms with van der Waals surface area (Å²) >= 11 is 0. The minimum absolute atomic E-state index is 0.269. The number of aryl methyl sites for hydroxylation is 2. The van der Waals surface area contributed by atoms with E-state index in [0.717, 1.165) is 39.1 Å². The summed E-state index contributed by atoms with van der Waals surface area (Å²) in [6.07, 6.45) is 4.93. The molecule has 0 radical (unpaired) electrons. The molecule has 4 heterocycles. The lowest BCUT2D eigenvalue weighted by Crippen LogP contribution is -2.23. The van der Waals surface area contributed by atoms with E-state index >= 15 is 0 Å². The predicted molar refractivity (Wildman–Crippen MR) is 108 cm³/mol. The van der Waals surface area contributed by atoms with Crippen LogP contribution in [0.2, 0.25) is 0 Å². The van der Waals surface area contributed by atoms with Gasteiger partial charge in [-0.1, -0.05) is 11.2 Å². The van der Waals surface area contributed by atoms with Crippen molar-refractivity contribution in [2.75, 3.05) is 0 Å². The third kappa shape index (κ3) is 3.24. The van der Waals surface area contributed by atoms with Crippen LogP contribution in [0, 0.1) is 6.92 Å². The topological polar surface area (TPSA) is 130 Å². The van der Waals surface area contributed by atoms with Crippen LogP contribution in [0.3, 0.4) is 0 Å². The molecule has 0 aliphatic rings.